The summed E-state index contributed by atoms with van der Waals surface area (Å²) in [4.78, 5) is 9.58. The van der Waals surface area contributed by atoms with Crippen molar-refractivity contribution in [3.05, 3.63) is 22.3 Å². The van der Waals surface area contributed by atoms with Crippen LogP contribution in [-0.4, -0.2) is 44.8 Å². The largest absolute Gasteiger partial charge is 0.352 e. The Balaban J connectivity index is 1.32. The van der Waals surface area contributed by atoms with Crippen molar-refractivity contribution in [1.82, 2.24) is 18.6 Å². The zero-order chi connectivity index (χ0) is 13.4. The van der Waals surface area contributed by atoms with Crippen LogP contribution in [0.2, 0.25) is 0 Å². The van der Waals surface area contributed by atoms with Crippen LogP contribution < -0.4 is 4.90 Å². The molecule has 2 fully saturated rings. The van der Waals surface area contributed by atoms with Gasteiger partial charge in [-0.1, -0.05) is 0 Å². The molecule has 0 amide bonds. The highest BCUT2D eigenvalue weighted by molar-refractivity contribution is 7.09. The standard InChI is InChI=1S/C13H17N5S2/c1-2-10(1)13-15-11(9-19-13)8-17-3-5-18(6-4-17)12-7-14-20-16-12/h7,9-10H,1-6,8H2. The molecule has 0 spiro atoms. The predicted molar refractivity (Wildman–Crippen MR) is 81.5 cm³/mol. The maximum Gasteiger partial charge on any atom is 0.162 e. The van der Waals surface area contributed by atoms with Crippen molar-refractivity contribution in [2.45, 2.75) is 25.3 Å². The Labute approximate surface area is 126 Å². The molecule has 2 aromatic heterocycles. The molecule has 3 heterocycles. The van der Waals surface area contributed by atoms with Crippen LogP contribution in [0.4, 0.5) is 5.82 Å². The van der Waals surface area contributed by atoms with Gasteiger partial charge in [0.25, 0.3) is 0 Å². The Hall–Kier alpha value is -1.05. The Morgan fingerprint density at radius 1 is 1.20 bits per heavy atom. The topological polar surface area (TPSA) is 45.2 Å². The van der Waals surface area contributed by atoms with E-state index in [1.165, 1.54) is 35.3 Å². The predicted octanol–water partition coefficient (Wildman–Crippen LogP) is 2.19. The molecule has 0 atom stereocenters. The summed E-state index contributed by atoms with van der Waals surface area (Å²) < 4.78 is 8.38. The maximum absolute atomic E-state index is 4.78. The molecule has 1 saturated heterocycles. The summed E-state index contributed by atoms with van der Waals surface area (Å²) in [6.07, 6.45) is 4.54. The molecule has 0 aromatic carbocycles. The molecule has 106 valence electrons. The molecule has 2 aromatic rings. The van der Waals surface area contributed by atoms with Crippen molar-refractivity contribution in [2.24, 2.45) is 0 Å². The Morgan fingerprint density at radius 3 is 2.75 bits per heavy atom. The Morgan fingerprint density at radius 2 is 2.05 bits per heavy atom. The first-order valence-electron chi connectivity index (χ1n) is 7.07. The van der Waals surface area contributed by atoms with E-state index in [4.69, 9.17) is 4.98 Å². The summed E-state index contributed by atoms with van der Waals surface area (Å²) in [6, 6.07) is 0. The molecule has 1 aliphatic carbocycles. The van der Waals surface area contributed by atoms with Gasteiger partial charge in [0.2, 0.25) is 0 Å². The molecule has 1 saturated carbocycles. The van der Waals surface area contributed by atoms with Gasteiger partial charge in [0, 0.05) is 44.0 Å². The van der Waals surface area contributed by atoms with Gasteiger partial charge in [-0.05, 0) is 12.8 Å². The first-order chi connectivity index (χ1) is 9.88. The summed E-state index contributed by atoms with van der Waals surface area (Å²) >= 11 is 3.13. The van der Waals surface area contributed by atoms with Gasteiger partial charge in [0.05, 0.1) is 28.6 Å². The van der Waals surface area contributed by atoms with Crippen molar-refractivity contribution in [3.63, 3.8) is 0 Å². The van der Waals surface area contributed by atoms with Gasteiger partial charge >= 0.3 is 0 Å². The van der Waals surface area contributed by atoms with Gasteiger partial charge in [0.1, 0.15) is 0 Å². The van der Waals surface area contributed by atoms with Crippen LogP contribution in [0.5, 0.6) is 0 Å². The SMILES string of the molecule is c1sc(C2CC2)nc1CN1CCN(c2cnsn2)CC1. The first kappa shape index (κ1) is 12.7. The molecule has 0 radical (unpaired) electrons. The zero-order valence-corrected chi connectivity index (χ0v) is 12.9. The van der Waals surface area contributed by atoms with E-state index in [9.17, 15) is 0 Å². The fraction of sp³-hybridized carbons (Fsp3) is 0.615. The smallest absolute Gasteiger partial charge is 0.162 e. The molecule has 20 heavy (non-hydrogen) atoms. The summed E-state index contributed by atoms with van der Waals surface area (Å²) in [5, 5.41) is 3.59. The lowest BCUT2D eigenvalue weighted by atomic mass is 10.3. The number of hydrogen-bond acceptors (Lipinski definition) is 7. The van der Waals surface area contributed by atoms with Crippen LogP contribution in [0.25, 0.3) is 0 Å². The van der Waals surface area contributed by atoms with Gasteiger partial charge in [-0.25, -0.2) is 4.98 Å². The van der Waals surface area contributed by atoms with Gasteiger partial charge < -0.3 is 4.90 Å². The fourth-order valence-electron chi connectivity index (χ4n) is 2.58. The minimum absolute atomic E-state index is 0.780. The quantitative estimate of drug-likeness (QED) is 0.866. The number of nitrogens with zero attached hydrogens (tertiary/aromatic N) is 5. The second-order valence-electron chi connectivity index (χ2n) is 5.48. The summed E-state index contributed by atoms with van der Waals surface area (Å²) in [7, 11) is 0. The lowest BCUT2D eigenvalue weighted by Gasteiger charge is -2.34. The van der Waals surface area contributed by atoms with E-state index < -0.39 is 0 Å². The zero-order valence-electron chi connectivity index (χ0n) is 11.2. The summed E-state index contributed by atoms with van der Waals surface area (Å²) in [5.41, 5.74) is 1.25. The molecule has 0 bridgehead atoms. The van der Waals surface area contributed by atoms with Crippen LogP contribution in [0.3, 0.4) is 0 Å². The number of anilines is 1. The molecule has 2 aliphatic rings. The average Bonchev–Trinajstić information content (AvgIpc) is 3.00. The van der Waals surface area contributed by atoms with Crippen molar-refractivity contribution >= 4 is 28.9 Å². The van der Waals surface area contributed by atoms with Gasteiger partial charge in [-0.3, -0.25) is 4.90 Å². The monoisotopic (exact) mass is 307 g/mol. The van der Waals surface area contributed by atoms with E-state index in [0.29, 0.717) is 0 Å². The minimum atomic E-state index is 0.780. The van der Waals surface area contributed by atoms with Crippen LogP contribution in [0, 0.1) is 0 Å². The number of thiazole rings is 1. The van der Waals surface area contributed by atoms with Gasteiger partial charge in [-0.2, -0.15) is 8.75 Å². The van der Waals surface area contributed by atoms with Crippen LogP contribution in [0.15, 0.2) is 11.6 Å². The molecule has 7 heteroatoms. The first-order valence-corrected chi connectivity index (χ1v) is 8.68. The third-order valence-electron chi connectivity index (χ3n) is 3.93. The van der Waals surface area contributed by atoms with E-state index in [2.05, 4.69) is 23.9 Å². The van der Waals surface area contributed by atoms with Crippen molar-refractivity contribution in [3.8, 4) is 0 Å². The lowest BCUT2D eigenvalue weighted by Crippen LogP contribution is -2.46. The van der Waals surface area contributed by atoms with Crippen LogP contribution in [0.1, 0.15) is 29.5 Å². The molecule has 5 nitrogen and oxygen atoms in total. The van der Waals surface area contributed by atoms with Crippen molar-refractivity contribution < 1.29 is 0 Å². The third-order valence-corrected chi connectivity index (χ3v) is 5.45. The Bertz CT molecular complexity index is 555. The average molecular weight is 307 g/mol. The highest BCUT2D eigenvalue weighted by atomic mass is 32.1. The van der Waals surface area contributed by atoms with Crippen LogP contribution >= 0.6 is 23.1 Å². The summed E-state index contributed by atoms with van der Waals surface area (Å²) in [5.74, 6) is 1.81. The van der Waals surface area contributed by atoms with E-state index in [-0.39, 0.29) is 0 Å². The minimum Gasteiger partial charge on any atom is -0.352 e. The molecular weight excluding hydrogens is 290 g/mol. The van der Waals surface area contributed by atoms with E-state index in [0.717, 1.165) is 44.5 Å². The second-order valence-corrected chi connectivity index (χ2v) is 6.93. The van der Waals surface area contributed by atoms with Crippen LogP contribution in [-0.2, 0) is 6.54 Å². The number of hydrogen-bond donors (Lipinski definition) is 0. The third kappa shape index (κ3) is 2.70. The molecule has 0 unspecified atom stereocenters. The Kier molecular flexibility index (Phi) is 3.41. The molecule has 0 N–H and O–H groups in total. The highest BCUT2D eigenvalue weighted by Gasteiger charge is 2.27. The maximum atomic E-state index is 4.78. The fourth-order valence-corrected chi connectivity index (χ4v) is 3.99. The van der Waals surface area contributed by atoms with E-state index >= 15 is 0 Å². The molecular formula is C13H17N5S2. The van der Waals surface area contributed by atoms with Gasteiger partial charge in [0.15, 0.2) is 5.82 Å². The van der Waals surface area contributed by atoms with Gasteiger partial charge in [-0.15, -0.1) is 11.3 Å². The molecule has 4 rings (SSSR count). The summed E-state index contributed by atoms with van der Waals surface area (Å²) in [6.45, 7) is 5.21. The van der Waals surface area contributed by atoms with Crippen molar-refractivity contribution in [1.29, 1.82) is 0 Å². The second kappa shape index (κ2) is 5.38. The lowest BCUT2D eigenvalue weighted by molar-refractivity contribution is 0.247. The highest BCUT2D eigenvalue weighted by Crippen LogP contribution is 2.41. The number of piperazine rings is 1. The normalized spacial score (nSPS) is 20.5. The number of rotatable bonds is 4. The van der Waals surface area contributed by atoms with Crippen molar-refractivity contribution in [2.75, 3.05) is 31.1 Å². The van der Waals surface area contributed by atoms with E-state index in [1.807, 2.05) is 17.5 Å². The number of aromatic nitrogens is 3. The molecule has 1 aliphatic heterocycles. The van der Waals surface area contributed by atoms with E-state index in [1.54, 1.807) is 0 Å².